The molecule has 1 aromatic heterocycles. The molecule has 0 radical (unpaired) electrons. The lowest BCUT2D eigenvalue weighted by Crippen LogP contribution is -2.40. The molecule has 0 unspecified atom stereocenters. The predicted molar refractivity (Wildman–Crippen MR) is 104 cm³/mol. The summed E-state index contributed by atoms with van der Waals surface area (Å²) < 4.78 is 11.8. The van der Waals surface area contributed by atoms with Crippen molar-refractivity contribution >= 4 is 28.9 Å². The van der Waals surface area contributed by atoms with Crippen molar-refractivity contribution in [2.75, 3.05) is 13.7 Å². The fourth-order valence-electron chi connectivity index (χ4n) is 3.55. The number of benzene rings is 1. The van der Waals surface area contributed by atoms with E-state index in [-0.39, 0.29) is 11.9 Å². The molecule has 7 nitrogen and oxygen atoms in total. The number of hydrogen-bond donors (Lipinski definition) is 0. The van der Waals surface area contributed by atoms with Crippen LogP contribution < -0.4 is 0 Å². The van der Waals surface area contributed by atoms with Crippen LogP contribution in [-0.2, 0) is 25.5 Å². The van der Waals surface area contributed by atoms with Crippen LogP contribution in [0.25, 0.3) is 10.9 Å². The molecule has 28 heavy (non-hydrogen) atoms. The van der Waals surface area contributed by atoms with E-state index >= 15 is 0 Å². The first kappa shape index (κ1) is 19.9. The highest BCUT2D eigenvalue weighted by Gasteiger charge is 2.36. The maximum atomic E-state index is 12.6. The number of ether oxygens (including phenoxy) is 2. The number of fused-ring (bicyclic) bond motifs is 1. The van der Waals surface area contributed by atoms with Crippen molar-refractivity contribution in [3.05, 3.63) is 36.0 Å². The maximum Gasteiger partial charge on any atom is 0.419 e. The Morgan fingerprint density at radius 2 is 1.93 bits per heavy atom. The second kappa shape index (κ2) is 7.66. The number of methoxy groups -OCH3 is 1. The van der Waals surface area contributed by atoms with Gasteiger partial charge in [0.25, 0.3) is 0 Å². The average Bonchev–Trinajstić information content (AvgIpc) is 3.19. The molecule has 1 aromatic carbocycles. The normalized spacial score (nSPS) is 17.2. The molecule has 1 saturated heterocycles. The van der Waals surface area contributed by atoms with Gasteiger partial charge in [0.1, 0.15) is 11.6 Å². The molecule has 0 saturated carbocycles. The molecule has 1 aliphatic heterocycles. The van der Waals surface area contributed by atoms with E-state index in [0.717, 1.165) is 16.5 Å². The molecule has 0 aliphatic carbocycles. The van der Waals surface area contributed by atoms with Gasteiger partial charge in [-0.2, -0.15) is 0 Å². The van der Waals surface area contributed by atoms with Gasteiger partial charge in [0.05, 0.1) is 12.6 Å². The third-order valence-corrected chi connectivity index (χ3v) is 4.81. The van der Waals surface area contributed by atoms with Crippen LogP contribution in [-0.4, -0.2) is 52.7 Å². The number of rotatable bonds is 4. The van der Waals surface area contributed by atoms with Gasteiger partial charge in [-0.15, -0.1) is 0 Å². The number of nitrogens with zero attached hydrogens (tertiary/aromatic N) is 2. The SMILES string of the molecule is COC(=O)[C@@H]1CCC(=O)N1CCc1cn(C(=O)OC(C)(C)C)c2ccccc12. The van der Waals surface area contributed by atoms with E-state index in [1.165, 1.54) is 11.7 Å². The smallest absolute Gasteiger partial charge is 0.419 e. The van der Waals surface area contributed by atoms with E-state index in [4.69, 9.17) is 9.47 Å². The van der Waals surface area contributed by atoms with Gasteiger partial charge in [-0.25, -0.2) is 9.59 Å². The minimum atomic E-state index is -0.599. The summed E-state index contributed by atoms with van der Waals surface area (Å²) in [6, 6.07) is 7.04. The lowest BCUT2D eigenvalue weighted by atomic mass is 10.1. The Morgan fingerprint density at radius 3 is 2.61 bits per heavy atom. The summed E-state index contributed by atoms with van der Waals surface area (Å²) in [6.45, 7) is 5.86. The highest BCUT2D eigenvalue weighted by atomic mass is 16.6. The van der Waals surface area contributed by atoms with Crippen LogP contribution in [0.3, 0.4) is 0 Å². The topological polar surface area (TPSA) is 77.8 Å². The molecule has 1 fully saturated rings. The van der Waals surface area contributed by atoms with E-state index < -0.39 is 17.7 Å². The lowest BCUT2D eigenvalue weighted by Gasteiger charge is -2.22. The highest BCUT2D eigenvalue weighted by Crippen LogP contribution is 2.25. The molecular formula is C21H26N2O5. The van der Waals surface area contributed by atoms with Crippen molar-refractivity contribution in [1.82, 2.24) is 9.47 Å². The summed E-state index contributed by atoms with van der Waals surface area (Å²) in [4.78, 5) is 38.3. The van der Waals surface area contributed by atoms with Crippen molar-refractivity contribution < 1.29 is 23.9 Å². The van der Waals surface area contributed by atoms with Crippen LogP contribution in [0.2, 0.25) is 0 Å². The van der Waals surface area contributed by atoms with Gasteiger partial charge in [-0.05, 0) is 45.2 Å². The molecule has 0 bridgehead atoms. The van der Waals surface area contributed by atoms with Crippen LogP contribution in [0.1, 0.15) is 39.2 Å². The van der Waals surface area contributed by atoms with E-state index in [2.05, 4.69) is 0 Å². The molecule has 150 valence electrons. The third-order valence-electron chi connectivity index (χ3n) is 4.81. The Kier molecular flexibility index (Phi) is 5.45. The van der Waals surface area contributed by atoms with Gasteiger partial charge in [0.15, 0.2) is 0 Å². The zero-order valence-electron chi connectivity index (χ0n) is 16.7. The molecule has 1 amide bonds. The van der Waals surface area contributed by atoms with Crippen molar-refractivity contribution in [3.8, 4) is 0 Å². The van der Waals surface area contributed by atoms with Crippen LogP contribution in [0, 0.1) is 0 Å². The molecule has 1 atom stereocenters. The summed E-state index contributed by atoms with van der Waals surface area (Å²) in [5, 5.41) is 0.926. The van der Waals surface area contributed by atoms with E-state index in [1.807, 2.05) is 45.0 Å². The average molecular weight is 386 g/mol. The molecule has 7 heteroatoms. The summed E-state index contributed by atoms with van der Waals surface area (Å²) >= 11 is 0. The standard InChI is InChI=1S/C21H26N2O5/c1-21(2,3)28-20(26)23-13-14(15-7-5-6-8-16(15)23)11-12-22-17(19(25)27-4)9-10-18(22)24/h5-8,13,17H,9-12H2,1-4H3/t17-/m0/s1. The van der Waals surface area contributed by atoms with Gasteiger partial charge >= 0.3 is 12.1 Å². The molecule has 0 N–H and O–H groups in total. The number of carbonyl (C=O) groups is 3. The third kappa shape index (κ3) is 4.03. The summed E-state index contributed by atoms with van der Waals surface area (Å²) in [7, 11) is 1.33. The van der Waals surface area contributed by atoms with Gasteiger partial charge in [-0.3, -0.25) is 9.36 Å². The van der Waals surface area contributed by atoms with E-state index in [9.17, 15) is 14.4 Å². The largest absolute Gasteiger partial charge is 0.467 e. The second-order valence-corrected chi connectivity index (χ2v) is 7.94. The van der Waals surface area contributed by atoms with E-state index in [0.29, 0.717) is 25.8 Å². The van der Waals surface area contributed by atoms with Crippen molar-refractivity contribution in [2.24, 2.45) is 0 Å². The number of esters is 1. The Hall–Kier alpha value is -2.83. The molecule has 0 spiro atoms. The Labute approximate surface area is 164 Å². The predicted octanol–water partition coefficient (Wildman–Crippen LogP) is 3.13. The first-order chi connectivity index (χ1) is 13.2. The second-order valence-electron chi connectivity index (χ2n) is 7.94. The molecule has 3 rings (SSSR count). The fourth-order valence-corrected chi connectivity index (χ4v) is 3.55. The number of carbonyl (C=O) groups excluding carboxylic acids is 3. The van der Waals surface area contributed by atoms with Gasteiger partial charge < -0.3 is 14.4 Å². The van der Waals surface area contributed by atoms with Crippen molar-refractivity contribution in [2.45, 2.75) is 51.7 Å². The van der Waals surface area contributed by atoms with Crippen molar-refractivity contribution in [3.63, 3.8) is 0 Å². The minimum Gasteiger partial charge on any atom is -0.467 e. The maximum absolute atomic E-state index is 12.6. The van der Waals surface area contributed by atoms with E-state index in [1.54, 1.807) is 11.1 Å². The molecular weight excluding hydrogens is 360 g/mol. The molecule has 2 aromatic rings. The van der Waals surface area contributed by atoms with Crippen LogP contribution >= 0.6 is 0 Å². The summed E-state index contributed by atoms with van der Waals surface area (Å²) in [5.41, 5.74) is 1.08. The molecule has 1 aliphatic rings. The quantitative estimate of drug-likeness (QED) is 0.755. The van der Waals surface area contributed by atoms with Gasteiger partial charge in [-0.1, -0.05) is 18.2 Å². The zero-order valence-corrected chi connectivity index (χ0v) is 16.7. The summed E-state index contributed by atoms with van der Waals surface area (Å²) in [5.74, 6) is -0.437. The monoisotopic (exact) mass is 386 g/mol. The Morgan fingerprint density at radius 1 is 1.21 bits per heavy atom. The zero-order chi connectivity index (χ0) is 20.5. The van der Waals surface area contributed by atoms with Crippen LogP contribution in [0.4, 0.5) is 4.79 Å². The highest BCUT2D eigenvalue weighted by molar-refractivity contribution is 5.92. The number of likely N-dealkylation sites (tertiary alicyclic amines) is 1. The fraction of sp³-hybridized carbons (Fsp3) is 0.476. The molecule has 2 heterocycles. The number of para-hydroxylation sites is 1. The first-order valence-electron chi connectivity index (χ1n) is 9.41. The van der Waals surface area contributed by atoms with Crippen LogP contribution in [0.15, 0.2) is 30.5 Å². The first-order valence-corrected chi connectivity index (χ1v) is 9.41. The van der Waals surface area contributed by atoms with Crippen molar-refractivity contribution in [1.29, 1.82) is 0 Å². The Bertz CT molecular complexity index is 909. The summed E-state index contributed by atoms with van der Waals surface area (Å²) in [6.07, 6.45) is 2.66. The number of amides is 1. The number of hydrogen-bond acceptors (Lipinski definition) is 5. The minimum absolute atomic E-state index is 0.0497. The van der Waals surface area contributed by atoms with Gasteiger partial charge in [0, 0.05) is 24.5 Å². The van der Waals surface area contributed by atoms with Gasteiger partial charge in [0.2, 0.25) is 5.91 Å². The Balaban J connectivity index is 1.85. The number of aromatic nitrogens is 1. The van der Waals surface area contributed by atoms with Crippen LogP contribution in [0.5, 0.6) is 0 Å². The lowest BCUT2D eigenvalue weighted by molar-refractivity contribution is -0.149.